The summed E-state index contributed by atoms with van der Waals surface area (Å²) < 4.78 is 0. The van der Waals surface area contributed by atoms with Crippen LogP contribution in [0, 0.1) is 11.8 Å². The second kappa shape index (κ2) is 7.48. The third kappa shape index (κ3) is 7.48. The van der Waals surface area contributed by atoms with E-state index in [1.807, 2.05) is 0 Å². The van der Waals surface area contributed by atoms with Gasteiger partial charge in [-0.3, -0.25) is 0 Å². The van der Waals surface area contributed by atoms with Gasteiger partial charge in [0.1, 0.15) is 6.61 Å². The maximum atomic E-state index is 4.51. The van der Waals surface area contributed by atoms with Gasteiger partial charge < -0.3 is 0 Å². The van der Waals surface area contributed by atoms with Gasteiger partial charge in [-0.1, -0.05) is 12.8 Å². The summed E-state index contributed by atoms with van der Waals surface area (Å²) in [5, 5.41) is 0. The first kappa shape index (κ1) is 8.48. The van der Waals surface area contributed by atoms with Crippen LogP contribution in [0.15, 0.2) is 0 Å². The van der Waals surface area contributed by atoms with Crippen molar-refractivity contribution < 1.29 is 9.78 Å². The van der Waals surface area contributed by atoms with Gasteiger partial charge in [-0.05, 0) is 6.42 Å². The molecule has 0 aromatic carbocycles. The summed E-state index contributed by atoms with van der Waals surface area (Å²) in [6.45, 7) is 2.46. The highest BCUT2D eigenvalue weighted by Gasteiger charge is 1.73. The van der Waals surface area contributed by atoms with Crippen LogP contribution < -0.4 is 0 Å². The number of hydrogen-bond donors (Lipinski definition) is 0. The summed E-state index contributed by atoms with van der Waals surface area (Å²) in [7, 11) is 1.47. The zero-order valence-corrected chi connectivity index (χ0v) is 5.94. The van der Waals surface area contributed by atoms with Crippen LogP contribution in [-0.2, 0) is 9.78 Å². The molecular weight excluding hydrogens is 116 g/mol. The van der Waals surface area contributed by atoms with Crippen LogP contribution in [0.5, 0.6) is 0 Å². The highest BCUT2D eigenvalue weighted by atomic mass is 17.2. The third-order valence-corrected chi connectivity index (χ3v) is 0.749. The first-order chi connectivity index (χ1) is 4.41. The molecule has 0 rings (SSSR count). The zero-order chi connectivity index (χ0) is 6.95. The summed E-state index contributed by atoms with van der Waals surface area (Å²) >= 11 is 0. The van der Waals surface area contributed by atoms with Crippen LogP contribution in [0.4, 0.5) is 0 Å². The van der Waals surface area contributed by atoms with Crippen LogP contribution in [0.3, 0.4) is 0 Å². The van der Waals surface area contributed by atoms with Gasteiger partial charge in [0.25, 0.3) is 0 Å². The molecular formula is C7H12O2. The van der Waals surface area contributed by atoms with Gasteiger partial charge in [0.2, 0.25) is 0 Å². The SMILES string of the molecule is CCCC#CCOOC. The molecule has 0 amide bonds. The molecule has 2 heteroatoms. The Hall–Kier alpha value is -0.520. The first-order valence-electron chi connectivity index (χ1n) is 3.03. The van der Waals surface area contributed by atoms with E-state index in [0.29, 0.717) is 6.61 Å². The summed E-state index contributed by atoms with van der Waals surface area (Å²) in [4.78, 5) is 8.83. The van der Waals surface area contributed by atoms with E-state index in [2.05, 4.69) is 28.5 Å². The van der Waals surface area contributed by atoms with E-state index in [-0.39, 0.29) is 0 Å². The smallest absolute Gasteiger partial charge is 0.143 e. The van der Waals surface area contributed by atoms with Gasteiger partial charge >= 0.3 is 0 Å². The van der Waals surface area contributed by atoms with E-state index in [0.717, 1.165) is 12.8 Å². The second-order valence-corrected chi connectivity index (χ2v) is 1.53. The van der Waals surface area contributed by atoms with Crippen molar-refractivity contribution in [1.29, 1.82) is 0 Å². The minimum Gasteiger partial charge on any atom is -0.239 e. The molecule has 0 bridgehead atoms. The van der Waals surface area contributed by atoms with Crippen molar-refractivity contribution in [2.24, 2.45) is 0 Å². The van der Waals surface area contributed by atoms with Crippen molar-refractivity contribution in [3.8, 4) is 11.8 Å². The van der Waals surface area contributed by atoms with Crippen LogP contribution in [0.1, 0.15) is 19.8 Å². The van der Waals surface area contributed by atoms with E-state index in [1.54, 1.807) is 0 Å². The standard InChI is InChI=1S/C7H12O2/c1-3-4-5-6-7-9-8-2/h3-4,7H2,1-2H3. The van der Waals surface area contributed by atoms with Crippen molar-refractivity contribution >= 4 is 0 Å². The molecule has 0 aliphatic carbocycles. The molecule has 0 aromatic heterocycles. The summed E-state index contributed by atoms with van der Waals surface area (Å²) in [6.07, 6.45) is 2.03. The molecule has 9 heavy (non-hydrogen) atoms. The van der Waals surface area contributed by atoms with Crippen molar-refractivity contribution in [2.75, 3.05) is 13.7 Å². The maximum Gasteiger partial charge on any atom is 0.143 e. The highest BCUT2D eigenvalue weighted by Crippen LogP contribution is 1.80. The minimum atomic E-state index is 0.372. The lowest BCUT2D eigenvalue weighted by Crippen LogP contribution is -1.87. The first-order valence-corrected chi connectivity index (χ1v) is 3.03. The molecule has 0 atom stereocenters. The molecule has 0 fully saturated rings. The Labute approximate surface area is 56.1 Å². The molecule has 0 spiro atoms. The average Bonchev–Trinajstić information content (AvgIpc) is 1.89. The average molecular weight is 128 g/mol. The molecule has 0 heterocycles. The largest absolute Gasteiger partial charge is 0.239 e. The predicted octanol–water partition coefficient (Wildman–Crippen LogP) is 1.37. The Kier molecular flexibility index (Phi) is 7.05. The monoisotopic (exact) mass is 128 g/mol. The fourth-order valence-corrected chi connectivity index (χ4v) is 0.353. The van der Waals surface area contributed by atoms with Gasteiger partial charge in [-0.15, -0.1) is 5.92 Å². The molecule has 52 valence electrons. The van der Waals surface area contributed by atoms with E-state index >= 15 is 0 Å². The third-order valence-electron chi connectivity index (χ3n) is 0.749. The molecule has 0 aromatic rings. The second-order valence-electron chi connectivity index (χ2n) is 1.53. The molecule has 0 saturated heterocycles. The van der Waals surface area contributed by atoms with E-state index < -0.39 is 0 Å². The predicted molar refractivity (Wildman–Crippen MR) is 35.6 cm³/mol. The van der Waals surface area contributed by atoms with Gasteiger partial charge in [0.05, 0.1) is 7.11 Å². The van der Waals surface area contributed by atoms with Crippen molar-refractivity contribution in [3.63, 3.8) is 0 Å². The van der Waals surface area contributed by atoms with Gasteiger partial charge in [0.15, 0.2) is 0 Å². The van der Waals surface area contributed by atoms with Gasteiger partial charge in [-0.2, -0.15) is 0 Å². The van der Waals surface area contributed by atoms with Crippen molar-refractivity contribution in [3.05, 3.63) is 0 Å². The highest BCUT2D eigenvalue weighted by molar-refractivity contribution is 4.98. The van der Waals surface area contributed by atoms with E-state index in [1.165, 1.54) is 7.11 Å². The molecule has 0 radical (unpaired) electrons. The lowest BCUT2D eigenvalue weighted by atomic mass is 10.3. The summed E-state index contributed by atoms with van der Waals surface area (Å²) in [6, 6.07) is 0. The fraction of sp³-hybridized carbons (Fsp3) is 0.714. The number of rotatable bonds is 3. The molecule has 0 unspecified atom stereocenters. The summed E-state index contributed by atoms with van der Waals surface area (Å²) in [5.74, 6) is 5.70. The van der Waals surface area contributed by atoms with Crippen LogP contribution in [-0.4, -0.2) is 13.7 Å². The maximum absolute atomic E-state index is 4.51. The van der Waals surface area contributed by atoms with E-state index in [9.17, 15) is 0 Å². The van der Waals surface area contributed by atoms with Gasteiger partial charge in [-0.25, -0.2) is 9.78 Å². The number of hydrogen-bond acceptors (Lipinski definition) is 2. The summed E-state index contributed by atoms with van der Waals surface area (Å²) in [5.41, 5.74) is 0. The van der Waals surface area contributed by atoms with Crippen molar-refractivity contribution in [2.45, 2.75) is 19.8 Å². The lowest BCUT2D eigenvalue weighted by molar-refractivity contribution is -0.261. The number of unbranched alkanes of at least 4 members (excludes halogenated alkanes) is 1. The zero-order valence-electron chi connectivity index (χ0n) is 5.94. The fourth-order valence-electron chi connectivity index (χ4n) is 0.353. The van der Waals surface area contributed by atoms with Crippen LogP contribution >= 0.6 is 0 Å². The van der Waals surface area contributed by atoms with Gasteiger partial charge in [0, 0.05) is 6.42 Å². The Balaban J connectivity index is 2.96. The topological polar surface area (TPSA) is 18.5 Å². The Morgan fingerprint density at radius 3 is 2.67 bits per heavy atom. The molecule has 2 nitrogen and oxygen atoms in total. The quantitative estimate of drug-likeness (QED) is 0.247. The van der Waals surface area contributed by atoms with E-state index in [4.69, 9.17) is 0 Å². The van der Waals surface area contributed by atoms with Crippen molar-refractivity contribution in [1.82, 2.24) is 0 Å². The van der Waals surface area contributed by atoms with Crippen LogP contribution in [0.2, 0.25) is 0 Å². The Morgan fingerprint density at radius 2 is 2.11 bits per heavy atom. The Bertz CT molecular complexity index is 99.2. The Morgan fingerprint density at radius 1 is 1.33 bits per heavy atom. The molecule has 0 N–H and O–H groups in total. The minimum absolute atomic E-state index is 0.372. The molecule has 0 saturated carbocycles. The lowest BCUT2D eigenvalue weighted by Gasteiger charge is -1.87. The normalized spacial score (nSPS) is 8.22. The molecule has 0 aliphatic rings. The van der Waals surface area contributed by atoms with Crippen LogP contribution in [0.25, 0.3) is 0 Å². The molecule has 0 aliphatic heterocycles.